The van der Waals surface area contributed by atoms with Crippen LogP contribution < -0.4 is 5.32 Å². The lowest BCUT2D eigenvalue weighted by molar-refractivity contribution is -0.137. The summed E-state index contributed by atoms with van der Waals surface area (Å²) in [6, 6.07) is 3.85. The topological polar surface area (TPSA) is 69.6 Å². The van der Waals surface area contributed by atoms with E-state index in [4.69, 9.17) is 16.7 Å². The molecule has 0 fully saturated rings. The van der Waals surface area contributed by atoms with Gasteiger partial charge in [-0.2, -0.15) is 0 Å². The molecule has 0 saturated carbocycles. The number of anilines is 1. The van der Waals surface area contributed by atoms with Crippen LogP contribution in [0.2, 0.25) is 5.02 Å². The summed E-state index contributed by atoms with van der Waals surface area (Å²) in [5.74, 6) is -1.95. The number of likely N-dealkylation sites (N-methyl/N-ethyl adjacent to an activating group) is 1. The molecule has 0 saturated heterocycles. The maximum absolute atomic E-state index is 13.4. The van der Waals surface area contributed by atoms with Gasteiger partial charge in [-0.05, 0) is 25.2 Å². The quantitative estimate of drug-likeness (QED) is 0.842. The molecule has 0 aromatic heterocycles. The number of halogens is 3. The standard InChI is InChI=1S/C12H14ClFN2O3.ClH/c1-16(5-4-12(18)19)7-11(17)15-10-6-8(13)2-3-9(10)14;/h2-3,6H,4-5,7H2,1H3,(H,15,17)(H,18,19);1H. The molecule has 20 heavy (non-hydrogen) atoms. The predicted octanol–water partition coefficient (Wildman–Crippen LogP) is 2.25. The Balaban J connectivity index is 0.00000361. The first-order valence-corrected chi connectivity index (χ1v) is 5.91. The number of rotatable bonds is 6. The molecule has 5 nitrogen and oxygen atoms in total. The Labute approximate surface area is 127 Å². The average molecular weight is 325 g/mol. The smallest absolute Gasteiger partial charge is 0.304 e. The molecule has 0 atom stereocenters. The monoisotopic (exact) mass is 324 g/mol. The van der Waals surface area contributed by atoms with Crippen molar-refractivity contribution in [1.82, 2.24) is 4.90 Å². The van der Waals surface area contributed by atoms with E-state index in [0.717, 1.165) is 6.07 Å². The number of hydrogen-bond donors (Lipinski definition) is 2. The van der Waals surface area contributed by atoms with Gasteiger partial charge >= 0.3 is 5.97 Å². The van der Waals surface area contributed by atoms with Crippen LogP contribution in [0.4, 0.5) is 10.1 Å². The number of carbonyl (C=O) groups excluding carboxylic acids is 1. The van der Waals surface area contributed by atoms with Crippen LogP contribution in [0.1, 0.15) is 6.42 Å². The molecule has 2 N–H and O–H groups in total. The van der Waals surface area contributed by atoms with Gasteiger partial charge in [0.15, 0.2) is 0 Å². The molecule has 1 aromatic carbocycles. The first-order chi connectivity index (χ1) is 8.88. The number of nitrogens with one attached hydrogen (secondary N) is 1. The second-order valence-electron chi connectivity index (χ2n) is 4.05. The van der Waals surface area contributed by atoms with Crippen molar-refractivity contribution in [1.29, 1.82) is 0 Å². The Bertz CT molecular complexity index is 486. The van der Waals surface area contributed by atoms with E-state index in [1.165, 1.54) is 17.0 Å². The van der Waals surface area contributed by atoms with Gasteiger partial charge in [0.2, 0.25) is 5.91 Å². The fourth-order valence-corrected chi connectivity index (χ4v) is 1.57. The lowest BCUT2D eigenvalue weighted by Crippen LogP contribution is -2.31. The summed E-state index contributed by atoms with van der Waals surface area (Å²) in [5, 5.41) is 11.2. The first kappa shape index (κ1) is 18.6. The predicted molar refractivity (Wildman–Crippen MR) is 77.0 cm³/mol. The van der Waals surface area contributed by atoms with E-state index in [9.17, 15) is 14.0 Å². The van der Waals surface area contributed by atoms with E-state index in [2.05, 4.69) is 5.32 Å². The number of carboxylic acids is 1. The molecular formula is C12H15Cl2FN2O3. The molecule has 0 radical (unpaired) electrons. The summed E-state index contributed by atoms with van der Waals surface area (Å²) in [4.78, 5) is 23.5. The average Bonchev–Trinajstić information content (AvgIpc) is 2.31. The molecule has 0 aliphatic carbocycles. The second kappa shape index (κ2) is 8.73. The van der Waals surface area contributed by atoms with Gasteiger partial charge in [-0.1, -0.05) is 11.6 Å². The Kier molecular flexibility index (Phi) is 8.13. The van der Waals surface area contributed by atoms with Crippen LogP contribution in [0, 0.1) is 5.82 Å². The molecule has 112 valence electrons. The van der Waals surface area contributed by atoms with E-state index >= 15 is 0 Å². The number of benzene rings is 1. The Morgan fingerprint density at radius 3 is 2.70 bits per heavy atom. The zero-order valence-corrected chi connectivity index (χ0v) is 12.3. The molecule has 0 bridgehead atoms. The van der Waals surface area contributed by atoms with E-state index in [0.29, 0.717) is 5.02 Å². The summed E-state index contributed by atoms with van der Waals surface area (Å²) in [5.41, 5.74) is 0.00383. The van der Waals surface area contributed by atoms with Gasteiger partial charge in [-0.3, -0.25) is 14.5 Å². The summed E-state index contributed by atoms with van der Waals surface area (Å²) in [7, 11) is 1.61. The van der Waals surface area contributed by atoms with Gasteiger partial charge in [-0.15, -0.1) is 12.4 Å². The highest BCUT2D eigenvalue weighted by atomic mass is 35.5. The zero-order valence-electron chi connectivity index (χ0n) is 10.7. The molecular weight excluding hydrogens is 310 g/mol. The van der Waals surface area contributed by atoms with Crippen LogP contribution in [-0.2, 0) is 9.59 Å². The minimum Gasteiger partial charge on any atom is -0.481 e. The van der Waals surface area contributed by atoms with Crippen molar-refractivity contribution in [3.05, 3.63) is 29.0 Å². The largest absolute Gasteiger partial charge is 0.481 e. The molecule has 0 aliphatic rings. The number of carbonyl (C=O) groups is 2. The van der Waals surface area contributed by atoms with Crippen molar-refractivity contribution < 1.29 is 19.1 Å². The van der Waals surface area contributed by atoms with Gasteiger partial charge in [-0.25, -0.2) is 4.39 Å². The molecule has 0 unspecified atom stereocenters. The van der Waals surface area contributed by atoms with Crippen molar-refractivity contribution in [2.75, 3.05) is 25.5 Å². The minimum absolute atomic E-state index is 0. The number of carboxylic acid groups (broad SMARTS) is 1. The molecule has 8 heteroatoms. The van der Waals surface area contributed by atoms with Gasteiger partial charge in [0.05, 0.1) is 18.7 Å². The van der Waals surface area contributed by atoms with E-state index in [1.807, 2.05) is 0 Å². The van der Waals surface area contributed by atoms with Crippen LogP contribution in [-0.4, -0.2) is 42.0 Å². The number of amides is 1. The molecule has 1 amide bonds. The Hall–Kier alpha value is -1.37. The fraction of sp³-hybridized carbons (Fsp3) is 0.333. The molecule has 1 rings (SSSR count). The molecule has 0 aliphatic heterocycles. The Morgan fingerprint density at radius 1 is 1.45 bits per heavy atom. The lowest BCUT2D eigenvalue weighted by Gasteiger charge is -2.15. The SMILES string of the molecule is CN(CCC(=O)O)CC(=O)Nc1cc(Cl)ccc1F.Cl. The van der Waals surface area contributed by atoms with Crippen molar-refractivity contribution in [3.8, 4) is 0 Å². The molecule has 0 heterocycles. The highest BCUT2D eigenvalue weighted by Gasteiger charge is 2.11. The van der Waals surface area contributed by atoms with Crippen molar-refractivity contribution in [2.45, 2.75) is 6.42 Å². The highest BCUT2D eigenvalue weighted by Crippen LogP contribution is 2.19. The van der Waals surface area contributed by atoms with E-state index < -0.39 is 17.7 Å². The van der Waals surface area contributed by atoms with Gasteiger partial charge in [0.25, 0.3) is 0 Å². The van der Waals surface area contributed by atoms with Crippen molar-refractivity contribution in [2.24, 2.45) is 0 Å². The third-order valence-corrected chi connectivity index (χ3v) is 2.56. The van der Waals surface area contributed by atoms with Gasteiger partial charge in [0.1, 0.15) is 5.82 Å². The second-order valence-corrected chi connectivity index (χ2v) is 4.49. The van der Waals surface area contributed by atoms with Crippen LogP contribution in [0.25, 0.3) is 0 Å². The third-order valence-electron chi connectivity index (χ3n) is 2.32. The van der Waals surface area contributed by atoms with Crippen molar-refractivity contribution in [3.63, 3.8) is 0 Å². The number of nitrogens with zero attached hydrogens (tertiary/aromatic N) is 1. The highest BCUT2D eigenvalue weighted by molar-refractivity contribution is 6.30. The number of hydrogen-bond acceptors (Lipinski definition) is 3. The third kappa shape index (κ3) is 6.70. The summed E-state index contributed by atoms with van der Waals surface area (Å²) < 4.78 is 13.4. The summed E-state index contributed by atoms with van der Waals surface area (Å²) >= 11 is 5.70. The van der Waals surface area contributed by atoms with Crippen LogP contribution in [0.5, 0.6) is 0 Å². The Morgan fingerprint density at radius 2 is 2.10 bits per heavy atom. The van der Waals surface area contributed by atoms with Gasteiger partial charge in [0, 0.05) is 11.6 Å². The van der Waals surface area contributed by atoms with Crippen LogP contribution >= 0.6 is 24.0 Å². The summed E-state index contributed by atoms with van der Waals surface area (Å²) in [6.45, 7) is 0.208. The molecule has 0 spiro atoms. The number of aliphatic carboxylic acids is 1. The lowest BCUT2D eigenvalue weighted by atomic mass is 10.3. The van der Waals surface area contributed by atoms with E-state index in [-0.39, 0.29) is 37.6 Å². The minimum atomic E-state index is -0.937. The maximum atomic E-state index is 13.4. The van der Waals surface area contributed by atoms with Crippen molar-refractivity contribution >= 4 is 41.6 Å². The normalized spacial score (nSPS) is 10.0. The van der Waals surface area contributed by atoms with Crippen LogP contribution in [0.15, 0.2) is 18.2 Å². The summed E-state index contributed by atoms with van der Waals surface area (Å²) in [6.07, 6.45) is -0.0602. The molecule has 1 aromatic rings. The zero-order chi connectivity index (χ0) is 14.4. The van der Waals surface area contributed by atoms with Crippen LogP contribution in [0.3, 0.4) is 0 Å². The van der Waals surface area contributed by atoms with Gasteiger partial charge < -0.3 is 10.4 Å². The maximum Gasteiger partial charge on any atom is 0.304 e. The first-order valence-electron chi connectivity index (χ1n) is 5.53. The van der Waals surface area contributed by atoms with E-state index in [1.54, 1.807) is 7.05 Å². The fourth-order valence-electron chi connectivity index (χ4n) is 1.39.